The molecule has 0 spiro atoms. The number of carbonyl (C=O) groups is 1. The van der Waals surface area contributed by atoms with Crippen LogP contribution >= 0.6 is 0 Å². The van der Waals surface area contributed by atoms with Crippen molar-refractivity contribution in [2.45, 2.75) is 25.3 Å². The Hall–Kier alpha value is -0.610. The third-order valence-electron chi connectivity index (χ3n) is 3.33. The van der Waals surface area contributed by atoms with Gasteiger partial charge in [0.15, 0.2) is 0 Å². The van der Waals surface area contributed by atoms with E-state index in [4.69, 9.17) is 0 Å². The normalized spacial score (nSPS) is 28.5. The standard InChI is InChI=1S/C11H21N3O/c1-14-4-2-3-10(8-14)13-11(15)5-9-6-12-7-9/h9-10,12H,2-8H2,1H3,(H,13,15). The fourth-order valence-electron chi connectivity index (χ4n) is 2.33. The Labute approximate surface area is 91.4 Å². The molecule has 4 heteroatoms. The molecule has 1 atom stereocenters. The van der Waals surface area contributed by atoms with Crippen molar-refractivity contribution in [2.24, 2.45) is 5.92 Å². The second-order valence-corrected chi connectivity index (χ2v) is 4.90. The van der Waals surface area contributed by atoms with E-state index in [-0.39, 0.29) is 5.91 Å². The van der Waals surface area contributed by atoms with Gasteiger partial charge in [-0.25, -0.2) is 0 Å². The Morgan fingerprint density at radius 1 is 1.53 bits per heavy atom. The van der Waals surface area contributed by atoms with E-state index in [2.05, 4.69) is 22.6 Å². The number of rotatable bonds is 3. The maximum Gasteiger partial charge on any atom is 0.220 e. The van der Waals surface area contributed by atoms with Crippen LogP contribution in [0.15, 0.2) is 0 Å². The highest BCUT2D eigenvalue weighted by atomic mass is 16.1. The Kier molecular flexibility index (Phi) is 3.59. The number of likely N-dealkylation sites (tertiary alicyclic amines) is 1. The van der Waals surface area contributed by atoms with Crippen LogP contribution in [0.2, 0.25) is 0 Å². The van der Waals surface area contributed by atoms with Crippen molar-refractivity contribution >= 4 is 5.91 Å². The number of hydrogen-bond acceptors (Lipinski definition) is 3. The summed E-state index contributed by atoms with van der Waals surface area (Å²) in [6.07, 6.45) is 3.04. The first-order valence-corrected chi connectivity index (χ1v) is 5.92. The maximum absolute atomic E-state index is 11.7. The monoisotopic (exact) mass is 211 g/mol. The summed E-state index contributed by atoms with van der Waals surface area (Å²) in [5.74, 6) is 0.813. The molecule has 0 radical (unpaired) electrons. The number of hydrogen-bond donors (Lipinski definition) is 2. The minimum Gasteiger partial charge on any atom is -0.352 e. The molecule has 15 heavy (non-hydrogen) atoms. The zero-order chi connectivity index (χ0) is 10.7. The van der Waals surface area contributed by atoms with Crippen molar-refractivity contribution in [2.75, 3.05) is 33.2 Å². The summed E-state index contributed by atoms with van der Waals surface area (Å²) < 4.78 is 0. The van der Waals surface area contributed by atoms with Crippen molar-refractivity contribution in [3.05, 3.63) is 0 Å². The second-order valence-electron chi connectivity index (χ2n) is 4.90. The average Bonchev–Trinajstić information content (AvgIpc) is 2.11. The lowest BCUT2D eigenvalue weighted by Crippen LogP contribution is -2.49. The van der Waals surface area contributed by atoms with E-state index in [0.29, 0.717) is 18.4 Å². The molecular formula is C11H21N3O. The van der Waals surface area contributed by atoms with E-state index in [1.807, 2.05) is 0 Å². The van der Waals surface area contributed by atoms with Crippen LogP contribution in [0, 0.1) is 5.92 Å². The smallest absolute Gasteiger partial charge is 0.220 e. The summed E-state index contributed by atoms with van der Waals surface area (Å²) in [4.78, 5) is 14.0. The van der Waals surface area contributed by atoms with E-state index < -0.39 is 0 Å². The van der Waals surface area contributed by atoms with Gasteiger partial charge in [-0.1, -0.05) is 0 Å². The first-order chi connectivity index (χ1) is 7.24. The van der Waals surface area contributed by atoms with Crippen molar-refractivity contribution in [3.8, 4) is 0 Å². The Bertz CT molecular complexity index is 228. The number of amides is 1. The molecule has 0 saturated carbocycles. The van der Waals surface area contributed by atoms with Crippen molar-refractivity contribution < 1.29 is 4.79 Å². The molecule has 0 aromatic heterocycles. The van der Waals surface area contributed by atoms with Crippen LogP contribution in [0.25, 0.3) is 0 Å². The number of carbonyl (C=O) groups excluding carboxylic acids is 1. The minimum atomic E-state index is 0.238. The predicted molar refractivity (Wildman–Crippen MR) is 59.6 cm³/mol. The number of likely N-dealkylation sites (N-methyl/N-ethyl adjacent to an activating group) is 1. The fraction of sp³-hybridized carbons (Fsp3) is 0.909. The van der Waals surface area contributed by atoms with Crippen molar-refractivity contribution in [3.63, 3.8) is 0 Å². The van der Waals surface area contributed by atoms with E-state index >= 15 is 0 Å². The summed E-state index contributed by atoms with van der Waals surface area (Å²) >= 11 is 0. The van der Waals surface area contributed by atoms with Gasteiger partial charge in [-0.2, -0.15) is 0 Å². The summed E-state index contributed by atoms with van der Waals surface area (Å²) in [6.45, 7) is 4.20. The van der Waals surface area contributed by atoms with Gasteiger partial charge in [-0.05, 0) is 45.4 Å². The lowest BCUT2D eigenvalue weighted by atomic mass is 9.98. The molecule has 0 aromatic rings. The summed E-state index contributed by atoms with van der Waals surface area (Å²) in [7, 11) is 2.12. The topological polar surface area (TPSA) is 44.4 Å². The summed E-state index contributed by atoms with van der Waals surface area (Å²) in [5.41, 5.74) is 0. The van der Waals surface area contributed by atoms with E-state index in [1.165, 1.54) is 13.0 Å². The molecular weight excluding hydrogens is 190 g/mol. The van der Waals surface area contributed by atoms with E-state index in [0.717, 1.165) is 26.1 Å². The van der Waals surface area contributed by atoms with Crippen LogP contribution in [0.3, 0.4) is 0 Å². The van der Waals surface area contributed by atoms with Crippen LogP contribution in [-0.4, -0.2) is 50.1 Å². The molecule has 2 fully saturated rings. The SMILES string of the molecule is CN1CCCC(NC(=O)CC2CNC2)C1. The summed E-state index contributed by atoms with van der Waals surface area (Å²) in [6, 6.07) is 0.379. The zero-order valence-corrected chi connectivity index (χ0v) is 9.46. The molecule has 2 rings (SSSR count). The molecule has 1 unspecified atom stereocenters. The second kappa shape index (κ2) is 4.94. The highest BCUT2D eigenvalue weighted by molar-refractivity contribution is 5.76. The van der Waals surface area contributed by atoms with Gasteiger partial charge in [0.1, 0.15) is 0 Å². The van der Waals surface area contributed by atoms with Gasteiger partial charge in [0.05, 0.1) is 0 Å². The summed E-state index contributed by atoms with van der Waals surface area (Å²) in [5, 5.41) is 6.33. The van der Waals surface area contributed by atoms with Crippen LogP contribution in [0.5, 0.6) is 0 Å². The molecule has 2 N–H and O–H groups in total. The number of nitrogens with one attached hydrogen (secondary N) is 2. The molecule has 0 aliphatic carbocycles. The van der Waals surface area contributed by atoms with Gasteiger partial charge in [0.25, 0.3) is 0 Å². The van der Waals surface area contributed by atoms with Gasteiger partial charge in [-0.3, -0.25) is 4.79 Å². The highest BCUT2D eigenvalue weighted by Crippen LogP contribution is 2.11. The van der Waals surface area contributed by atoms with Gasteiger partial charge in [0, 0.05) is 19.0 Å². The molecule has 2 heterocycles. The average molecular weight is 211 g/mol. The van der Waals surface area contributed by atoms with Crippen LogP contribution in [-0.2, 0) is 4.79 Å². The molecule has 2 saturated heterocycles. The molecule has 0 aromatic carbocycles. The van der Waals surface area contributed by atoms with Gasteiger partial charge in [0.2, 0.25) is 5.91 Å². The van der Waals surface area contributed by atoms with Gasteiger partial charge in [-0.15, -0.1) is 0 Å². The van der Waals surface area contributed by atoms with Crippen LogP contribution in [0.1, 0.15) is 19.3 Å². The molecule has 0 bridgehead atoms. The number of nitrogens with zero attached hydrogens (tertiary/aromatic N) is 1. The quantitative estimate of drug-likeness (QED) is 0.680. The third kappa shape index (κ3) is 3.18. The minimum absolute atomic E-state index is 0.238. The van der Waals surface area contributed by atoms with Crippen molar-refractivity contribution in [1.82, 2.24) is 15.5 Å². The largest absolute Gasteiger partial charge is 0.352 e. The highest BCUT2D eigenvalue weighted by Gasteiger charge is 2.23. The molecule has 1 amide bonds. The Balaban J connectivity index is 1.68. The van der Waals surface area contributed by atoms with Gasteiger partial charge >= 0.3 is 0 Å². The van der Waals surface area contributed by atoms with Crippen LogP contribution < -0.4 is 10.6 Å². The fourth-order valence-corrected chi connectivity index (χ4v) is 2.33. The lowest BCUT2D eigenvalue weighted by molar-refractivity contribution is -0.123. The Morgan fingerprint density at radius 2 is 2.33 bits per heavy atom. The van der Waals surface area contributed by atoms with Crippen LogP contribution in [0.4, 0.5) is 0 Å². The molecule has 4 nitrogen and oxygen atoms in total. The van der Waals surface area contributed by atoms with Crippen molar-refractivity contribution in [1.29, 1.82) is 0 Å². The van der Waals surface area contributed by atoms with E-state index in [9.17, 15) is 4.79 Å². The molecule has 2 aliphatic rings. The van der Waals surface area contributed by atoms with E-state index in [1.54, 1.807) is 0 Å². The lowest BCUT2D eigenvalue weighted by Gasteiger charge is -2.31. The predicted octanol–water partition coefficient (Wildman–Crippen LogP) is -0.194. The molecule has 2 aliphatic heterocycles. The zero-order valence-electron chi connectivity index (χ0n) is 9.46. The maximum atomic E-state index is 11.7. The first-order valence-electron chi connectivity index (χ1n) is 5.92. The molecule has 86 valence electrons. The Morgan fingerprint density at radius 3 is 2.93 bits per heavy atom. The number of piperidine rings is 1. The first kappa shape index (κ1) is 10.9. The third-order valence-corrected chi connectivity index (χ3v) is 3.33. The van der Waals surface area contributed by atoms with Gasteiger partial charge < -0.3 is 15.5 Å².